The zero-order valence-corrected chi connectivity index (χ0v) is 12.5. The van der Waals surface area contributed by atoms with E-state index in [0.717, 1.165) is 19.6 Å². The molecule has 0 bridgehead atoms. The molecule has 0 atom stereocenters. The van der Waals surface area contributed by atoms with E-state index in [0.29, 0.717) is 12.0 Å². The average molecular weight is 248 g/mol. The van der Waals surface area contributed by atoms with Crippen LogP contribution in [0.2, 0.25) is 0 Å². The van der Waals surface area contributed by atoms with Crippen molar-refractivity contribution in [3.63, 3.8) is 0 Å². The predicted octanol–water partition coefficient (Wildman–Crippen LogP) is 3.67. The van der Waals surface area contributed by atoms with Gasteiger partial charge in [0.1, 0.15) is 0 Å². The Labute approximate surface area is 112 Å². The first kappa shape index (κ1) is 15.0. The van der Waals surface area contributed by atoms with Gasteiger partial charge < -0.3 is 10.2 Å². The Balaban J connectivity index is 2.78. The number of para-hydroxylation sites is 1. The number of hydrogen-bond donors (Lipinski definition) is 1. The SMILES string of the molecule is CCN(c1ccccc1CNCC(C)C)C(C)C. The van der Waals surface area contributed by atoms with Crippen molar-refractivity contribution < 1.29 is 0 Å². The van der Waals surface area contributed by atoms with E-state index < -0.39 is 0 Å². The molecule has 0 heterocycles. The van der Waals surface area contributed by atoms with Crippen LogP contribution >= 0.6 is 0 Å². The Morgan fingerprint density at radius 2 is 1.78 bits per heavy atom. The molecule has 0 spiro atoms. The predicted molar refractivity (Wildman–Crippen MR) is 81.1 cm³/mol. The minimum Gasteiger partial charge on any atom is -0.369 e. The van der Waals surface area contributed by atoms with Crippen LogP contribution in [0.4, 0.5) is 5.69 Å². The number of benzene rings is 1. The summed E-state index contributed by atoms with van der Waals surface area (Å²) in [6, 6.07) is 9.27. The maximum Gasteiger partial charge on any atom is 0.0414 e. The van der Waals surface area contributed by atoms with E-state index in [1.165, 1.54) is 11.3 Å². The van der Waals surface area contributed by atoms with E-state index in [2.05, 4.69) is 69.1 Å². The van der Waals surface area contributed by atoms with Crippen LogP contribution < -0.4 is 10.2 Å². The number of rotatable bonds is 7. The lowest BCUT2D eigenvalue weighted by Gasteiger charge is -2.29. The van der Waals surface area contributed by atoms with Crippen LogP contribution in [0.15, 0.2) is 24.3 Å². The number of nitrogens with one attached hydrogen (secondary N) is 1. The lowest BCUT2D eigenvalue weighted by Crippen LogP contribution is -2.32. The average Bonchev–Trinajstić information content (AvgIpc) is 2.31. The fraction of sp³-hybridized carbons (Fsp3) is 0.625. The van der Waals surface area contributed by atoms with Crippen molar-refractivity contribution in [1.29, 1.82) is 0 Å². The first-order valence-corrected chi connectivity index (χ1v) is 7.11. The molecular formula is C16H28N2. The van der Waals surface area contributed by atoms with E-state index in [1.54, 1.807) is 0 Å². The summed E-state index contributed by atoms with van der Waals surface area (Å²) in [5.41, 5.74) is 2.76. The molecule has 1 aromatic rings. The lowest BCUT2D eigenvalue weighted by atomic mass is 10.1. The highest BCUT2D eigenvalue weighted by molar-refractivity contribution is 5.54. The highest BCUT2D eigenvalue weighted by atomic mass is 15.1. The number of anilines is 1. The number of hydrogen-bond acceptors (Lipinski definition) is 2. The van der Waals surface area contributed by atoms with Gasteiger partial charge in [0.25, 0.3) is 0 Å². The van der Waals surface area contributed by atoms with Gasteiger partial charge in [0.2, 0.25) is 0 Å². The van der Waals surface area contributed by atoms with Crippen molar-refractivity contribution in [3.8, 4) is 0 Å². The third-order valence-electron chi connectivity index (χ3n) is 3.13. The van der Waals surface area contributed by atoms with Crippen molar-refractivity contribution >= 4 is 5.69 Å². The third-order valence-corrected chi connectivity index (χ3v) is 3.13. The monoisotopic (exact) mass is 248 g/mol. The quantitative estimate of drug-likeness (QED) is 0.792. The van der Waals surface area contributed by atoms with Gasteiger partial charge in [0.15, 0.2) is 0 Å². The van der Waals surface area contributed by atoms with Gasteiger partial charge in [-0.25, -0.2) is 0 Å². The van der Waals surface area contributed by atoms with Crippen LogP contribution in [0.25, 0.3) is 0 Å². The summed E-state index contributed by atoms with van der Waals surface area (Å²) in [6.07, 6.45) is 0. The maximum atomic E-state index is 3.53. The Morgan fingerprint density at radius 1 is 1.11 bits per heavy atom. The smallest absolute Gasteiger partial charge is 0.0414 e. The van der Waals surface area contributed by atoms with Gasteiger partial charge in [0, 0.05) is 24.8 Å². The first-order valence-electron chi connectivity index (χ1n) is 7.11. The molecule has 1 N–H and O–H groups in total. The van der Waals surface area contributed by atoms with Crippen LogP contribution in [0.5, 0.6) is 0 Å². The molecule has 0 saturated heterocycles. The molecule has 0 aliphatic rings. The van der Waals surface area contributed by atoms with Gasteiger partial charge in [-0.2, -0.15) is 0 Å². The highest BCUT2D eigenvalue weighted by Crippen LogP contribution is 2.22. The Hall–Kier alpha value is -1.02. The molecule has 0 amide bonds. The summed E-state index contributed by atoms with van der Waals surface area (Å²) in [5, 5.41) is 3.53. The third kappa shape index (κ3) is 4.34. The summed E-state index contributed by atoms with van der Waals surface area (Å²) < 4.78 is 0. The summed E-state index contributed by atoms with van der Waals surface area (Å²) in [6.45, 7) is 14.3. The largest absolute Gasteiger partial charge is 0.369 e. The van der Waals surface area contributed by atoms with Gasteiger partial charge >= 0.3 is 0 Å². The van der Waals surface area contributed by atoms with Crippen LogP contribution in [-0.4, -0.2) is 19.1 Å². The zero-order valence-electron chi connectivity index (χ0n) is 12.5. The van der Waals surface area contributed by atoms with Crippen LogP contribution in [0.1, 0.15) is 40.2 Å². The molecule has 2 heteroatoms. The van der Waals surface area contributed by atoms with E-state index in [1.807, 2.05) is 0 Å². The van der Waals surface area contributed by atoms with Gasteiger partial charge in [0.05, 0.1) is 0 Å². The fourth-order valence-electron chi connectivity index (χ4n) is 2.25. The molecule has 102 valence electrons. The summed E-state index contributed by atoms with van der Waals surface area (Å²) in [5.74, 6) is 0.699. The summed E-state index contributed by atoms with van der Waals surface area (Å²) in [4.78, 5) is 2.45. The second-order valence-electron chi connectivity index (χ2n) is 5.53. The minimum atomic E-state index is 0.543. The standard InChI is InChI=1S/C16H28N2/c1-6-18(14(4)5)16-10-8-7-9-15(16)12-17-11-13(2)3/h7-10,13-14,17H,6,11-12H2,1-5H3. The second kappa shape index (κ2) is 7.42. The molecule has 1 rings (SSSR count). The Bertz CT molecular complexity index is 345. The Morgan fingerprint density at radius 3 is 2.33 bits per heavy atom. The number of nitrogens with zero attached hydrogens (tertiary/aromatic N) is 1. The summed E-state index contributed by atoms with van der Waals surface area (Å²) >= 11 is 0. The van der Waals surface area contributed by atoms with E-state index >= 15 is 0 Å². The molecule has 0 aliphatic carbocycles. The zero-order chi connectivity index (χ0) is 13.5. The second-order valence-corrected chi connectivity index (χ2v) is 5.53. The summed E-state index contributed by atoms with van der Waals surface area (Å²) in [7, 11) is 0. The molecule has 0 radical (unpaired) electrons. The van der Waals surface area contributed by atoms with Gasteiger partial charge in [-0.15, -0.1) is 0 Å². The van der Waals surface area contributed by atoms with Gasteiger partial charge in [-0.1, -0.05) is 32.0 Å². The van der Waals surface area contributed by atoms with E-state index in [9.17, 15) is 0 Å². The van der Waals surface area contributed by atoms with Crippen LogP contribution in [0.3, 0.4) is 0 Å². The van der Waals surface area contributed by atoms with E-state index in [-0.39, 0.29) is 0 Å². The van der Waals surface area contributed by atoms with Crippen molar-refractivity contribution in [1.82, 2.24) is 5.32 Å². The van der Waals surface area contributed by atoms with Crippen LogP contribution in [-0.2, 0) is 6.54 Å². The molecule has 0 fully saturated rings. The van der Waals surface area contributed by atoms with Gasteiger partial charge in [-0.3, -0.25) is 0 Å². The van der Waals surface area contributed by atoms with Crippen LogP contribution in [0, 0.1) is 5.92 Å². The molecule has 0 aromatic heterocycles. The highest BCUT2D eigenvalue weighted by Gasteiger charge is 2.11. The lowest BCUT2D eigenvalue weighted by molar-refractivity contribution is 0.551. The van der Waals surface area contributed by atoms with Crippen molar-refractivity contribution in [2.45, 2.75) is 47.2 Å². The maximum absolute atomic E-state index is 3.53. The van der Waals surface area contributed by atoms with Gasteiger partial charge in [-0.05, 0) is 44.9 Å². The Kier molecular flexibility index (Phi) is 6.20. The molecule has 0 saturated carbocycles. The topological polar surface area (TPSA) is 15.3 Å². The normalized spacial score (nSPS) is 11.3. The molecule has 0 aliphatic heterocycles. The molecule has 1 aromatic carbocycles. The van der Waals surface area contributed by atoms with Crippen molar-refractivity contribution in [3.05, 3.63) is 29.8 Å². The molecule has 2 nitrogen and oxygen atoms in total. The minimum absolute atomic E-state index is 0.543. The molecule has 18 heavy (non-hydrogen) atoms. The fourth-order valence-corrected chi connectivity index (χ4v) is 2.25. The first-order chi connectivity index (χ1) is 8.56. The van der Waals surface area contributed by atoms with E-state index in [4.69, 9.17) is 0 Å². The molecular weight excluding hydrogens is 220 g/mol. The van der Waals surface area contributed by atoms with Crippen molar-refractivity contribution in [2.24, 2.45) is 5.92 Å². The molecule has 0 unspecified atom stereocenters. The van der Waals surface area contributed by atoms with Crippen molar-refractivity contribution in [2.75, 3.05) is 18.0 Å².